The van der Waals surface area contributed by atoms with E-state index in [-0.39, 0.29) is 6.04 Å². The Balaban J connectivity index is 2.60. The van der Waals surface area contributed by atoms with Gasteiger partial charge in [0.1, 0.15) is 5.75 Å². The van der Waals surface area contributed by atoms with Crippen LogP contribution in [0.3, 0.4) is 0 Å². The lowest BCUT2D eigenvalue weighted by Gasteiger charge is -2.18. The third kappa shape index (κ3) is 4.75. The number of hydrogen-bond acceptors (Lipinski definition) is 3. The van der Waals surface area contributed by atoms with E-state index >= 15 is 0 Å². The number of rotatable bonds is 8. The molecule has 3 nitrogen and oxygen atoms in total. The summed E-state index contributed by atoms with van der Waals surface area (Å²) in [7, 11) is 1.71. The maximum absolute atomic E-state index is 5.74. The summed E-state index contributed by atoms with van der Waals surface area (Å²) < 4.78 is 10.8. The van der Waals surface area contributed by atoms with E-state index in [1.807, 2.05) is 18.2 Å². The van der Waals surface area contributed by atoms with E-state index in [9.17, 15) is 0 Å². The number of ether oxygens (including phenoxy) is 2. The SMILES string of the molecule is CCCOc1ccccc1C(C)NCCOC. The minimum atomic E-state index is 0.276. The summed E-state index contributed by atoms with van der Waals surface area (Å²) in [6.45, 7) is 6.59. The van der Waals surface area contributed by atoms with Crippen LogP contribution in [0.15, 0.2) is 24.3 Å². The molecule has 0 amide bonds. The van der Waals surface area contributed by atoms with Gasteiger partial charge in [0.25, 0.3) is 0 Å². The zero-order valence-corrected chi connectivity index (χ0v) is 11.0. The average molecular weight is 237 g/mol. The molecule has 17 heavy (non-hydrogen) atoms. The fourth-order valence-electron chi connectivity index (χ4n) is 1.67. The number of methoxy groups -OCH3 is 1. The van der Waals surface area contributed by atoms with Crippen LogP contribution in [0.5, 0.6) is 5.75 Å². The molecular weight excluding hydrogens is 214 g/mol. The van der Waals surface area contributed by atoms with Crippen LogP contribution in [0, 0.1) is 0 Å². The van der Waals surface area contributed by atoms with E-state index < -0.39 is 0 Å². The highest BCUT2D eigenvalue weighted by atomic mass is 16.5. The maximum atomic E-state index is 5.74. The second-order valence-corrected chi connectivity index (χ2v) is 4.05. The molecule has 0 saturated carbocycles. The normalized spacial score (nSPS) is 12.4. The van der Waals surface area contributed by atoms with Crippen molar-refractivity contribution in [2.75, 3.05) is 26.9 Å². The van der Waals surface area contributed by atoms with Crippen molar-refractivity contribution in [3.63, 3.8) is 0 Å². The minimum absolute atomic E-state index is 0.276. The molecule has 3 heteroatoms. The molecule has 0 fully saturated rings. The van der Waals surface area contributed by atoms with Crippen LogP contribution >= 0.6 is 0 Å². The molecular formula is C14H23NO2. The highest BCUT2D eigenvalue weighted by Crippen LogP contribution is 2.24. The minimum Gasteiger partial charge on any atom is -0.493 e. The summed E-state index contributed by atoms with van der Waals surface area (Å²) >= 11 is 0. The van der Waals surface area contributed by atoms with Crippen LogP contribution in [-0.4, -0.2) is 26.9 Å². The Kier molecular flexibility index (Phi) is 6.67. The maximum Gasteiger partial charge on any atom is 0.124 e. The highest BCUT2D eigenvalue weighted by molar-refractivity contribution is 5.35. The predicted octanol–water partition coefficient (Wildman–Crippen LogP) is 2.77. The molecule has 0 aliphatic carbocycles. The van der Waals surface area contributed by atoms with E-state index in [4.69, 9.17) is 9.47 Å². The summed E-state index contributed by atoms with van der Waals surface area (Å²) in [6.07, 6.45) is 1.03. The van der Waals surface area contributed by atoms with Gasteiger partial charge in [0.05, 0.1) is 13.2 Å². The van der Waals surface area contributed by atoms with Gasteiger partial charge in [-0.3, -0.25) is 0 Å². The molecule has 1 N–H and O–H groups in total. The summed E-state index contributed by atoms with van der Waals surface area (Å²) in [5.74, 6) is 0.978. The van der Waals surface area contributed by atoms with Crippen LogP contribution in [-0.2, 0) is 4.74 Å². The van der Waals surface area contributed by atoms with Crippen molar-refractivity contribution >= 4 is 0 Å². The van der Waals surface area contributed by atoms with Crippen molar-refractivity contribution in [3.05, 3.63) is 29.8 Å². The lowest BCUT2D eigenvalue weighted by Crippen LogP contribution is -2.23. The molecule has 0 spiro atoms. The molecule has 0 aliphatic rings. The summed E-state index contributed by atoms with van der Waals surface area (Å²) in [4.78, 5) is 0. The smallest absolute Gasteiger partial charge is 0.124 e. The Morgan fingerprint density at radius 1 is 1.24 bits per heavy atom. The molecule has 0 saturated heterocycles. The first-order chi connectivity index (χ1) is 8.29. The Morgan fingerprint density at radius 3 is 2.71 bits per heavy atom. The highest BCUT2D eigenvalue weighted by Gasteiger charge is 2.10. The predicted molar refractivity (Wildman–Crippen MR) is 70.5 cm³/mol. The molecule has 1 atom stereocenters. The largest absolute Gasteiger partial charge is 0.493 e. The van der Waals surface area contributed by atoms with Crippen molar-refractivity contribution in [3.8, 4) is 5.75 Å². The zero-order chi connectivity index (χ0) is 12.5. The van der Waals surface area contributed by atoms with E-state index in [1.165, 1.54) is 5.56 Å². The van der Waals surface area contributed by atoms with Gasteiger partial charge in [-0.1, -0.05) is 25.1 Å². The van der Waals surface area contributed by atoms with Gasteiger partial charge in [0.2, 0.25) is 0 Å². The van der Waals surface area contributed by atoms with E-state index in [1.54, 1.807) is 7.11 Å². The Morgan fingerprint density at radius 2 is 2.00 bits per heavy atom. The van der Waals surface area contributed by atoms with Crippen LogP contribution < -0.4 is 10.1 Å². The number of hydrogen-bond donors (Lipinski definition) is 1. The zero-order valence-electron chi connectivity index (χ0n) is 11.0. The lowest BCUT2D eigenvalue weighted by atomic mass is 10.1. The fourth-order valence-corrected chi connectivity index (χ4v) is 1.67. The van der Waals surface area contributed by atoms with Gasteiger partial charge in [0, 0.05) is 25.3 Å². The van der Waals surface area contributed by atoms with Crippen LogP contribution in [0.1, 0.15) is 31.9 Å². The molecule has 0 aromatic heterocycles. The van der Waals surface area contributed by atoms with Crippen molar-refractivity contribution < 1.29 is 9.47 Å². The Hall–Kier alpha value is -1.06. The standard InChI is InChI=1S/C14H23NO2/c1-4-10-17-14-8-6-5-7-13(14)12(2)15-9-11-16-3/h5-8,12,15H,4,9-11H2,1-3H3. The molecule has 1 rings (SSSR count). The van der Waals surface area contributed by atoms with Gasteiger partial charge in [-0.15, -0.1) is 0 Å². The van der Waals surface area contributed by atoms with Crippen LogP contribution in [0.2, 0.25) is 0 Å². The molecule has 0 bridgehead atoms. The number of benzene rings is 1. The van der Waals surface area contributed by atoms with E-state index in [0.29, 0.717) is 0 Å². The van der Waals surface area contributed by atoms with E-state index in [0.717, 1.165) is 31.9 Å². The van der Waals surface area contributed by atoms with Gasteiger partial charge in [-0.05, 0) is 19.4 Å². The Bertz CT molecular complexity index is 315. The van der Waals surface area contributed by atoms with Crippen molar-refractivity contribution in [1.29, 1.82) is 0 Å². The van der Waals surface area contributed by atoms with Crippen molar-refractivity contribution in [2.24, 2.45) is 0 Å². The topological polar surface area (TPSA) is 30.5 Å². The molecule has 1 unspecified atom stereocenters. The van der Waals surface area contributed by atoms with Gasteiger partial charge < -0.3 is 14.8 Å². The molecule has 1 aromatic carbocycles. The first-order valence-corrected chi connectivity index (χ1v) is 6.23. The fraction of sp³-hybridized carbons (Fsp3) is 0.571. The van der Waals surface area contributed by atoms with Crippen LogP contribution in [0.4, 0.5) is 0 Å². The second-order valence-electron chi connectivity index (χ2n) is 4.05. The van der Waals surface area contributed by atoms with E-state index in [2.05, 4.69) is 25.2 Å². The van der Waals surface area contributed by atoms with Crippen molar-refractivity contribution in [1.82, 2.24) is 5.32 Å². The van der Waals surface area contributed by atoms with Crippen LogP contribution in [0.25, 0.3) is 0 Å². The van der Waals surface area contributed by atoms with Gasteiger partial charge in [0.15, 0.2) is 0 Å². The lowest BCUT2D eigenvalue weighted by molar-refractivity contribution is 0.196. The van der Waals surface area contributed by atoms with Gasteiger partial charge in [-0.2, -0.15) is 0 Å². The molecule has 96 valence electrons. The molecule has 0 heterocycles. The number of nitrogens with one attached hydrogen (secondary N) is 1. The average Bonchev–Trinajstić information content (AvgIpc) is 2.37. The van der Waals surface area contributed by atoms with Gasteiger partial charge >= 0.3 is 0 Å². The molecule has 0 radical (unpaired) electrons. The van der Waals surface area contributed by atoms with Gasteiger partial charge in [-0.25, -0.2) is 0 Å². The summed E-state index contributed by atoms with van der Waals surface area (Å²) in [5.41, 5.74) is 1.21. The first-order valence-electron chi connectivity index (χ1n) is 6.23. The first kappa shape index (κ1) is 14.0. The third-order valence-corrected chi connectivity index (χ3v) is 2.60. The second kappa shape index (κ2) is 8.09. The monoisotopic (exact) mass is 237 g/mol. The Labute approximate surface area is 104 Å². The molecule has 1 aromatic rings. The number of para-hydroxylation sites is 1. The third-order valence-electron chi connectivity index (χ3n) is 2.60. The quantitative estimate of drug-likeness (QED) is 0.705. The summed E-state index contributed by atoms with van der Waals surface area (Å²) in [6, 6.07) is 8.46. The van der Waals surface area contributed by atoms with Crippen molar-refractivity contribution in [2.45, 2.75) is 26.3 Å². The summed E-state index contributed by atoms with van der Waals surface area (Å²) in [5, 5.41) is 3.41. The molecule has 0 aliphatic heterocycles.